The molecule has 0 saturated carbocycles. The maximum absolute atomic E-state index is 11.5. The van der Waals surface area contributed by atoms with E-state index in [0.717, 1.165) is 11.1 Å². The number of nitrogens with zero attached hydrogens (tertiary/aromatic N) is 1. The number of fused-ring (bicyclic) bond motifs is 1. The molecule has 0 aliphatic heterocycles. The molecule has 96 valence electrons. The van der Waals surface area contributed by atoms with Crippen LogP contribution in [0.5, 0.6) is 0 Å². The summed E-state index contributed by atoms with van der Waals surface area (Å²) in [5, 5.41) is 0.564. The number of rotatable bonds is 4. The number of carbonyl (C=O) groups is 1. The molecule has 18 heavy (non-hydrogen) atoms. The van der Waals surface area contributed by atoms with Crippen molar-refractivity contribution in [2.75, 3.05) is 5.75 Å². The molecule has 1 aromatic carbocycles. The lowest BCUT2D eigenvalue weighted by Crippen LogP contribution is -2.42. The summed E-state index contributed by atoms with van der Waals surface area (Å²) in [5.41, 5.74) is 3.17. The van der Waals surface area contributed by atoms with Crippen molar-refractivity contribution in [3.05, 3.63) is 24.3 Å². The lowest BCUT2D eigenvalue weighted by atomic mass is 9.96. The van der Waals surface area contributed by atoms with Crippen LogP contribution in [-0.2, 0) is 4.79 Å². The van der Waals surface area contributed by atoms with Crippen molar-refractivity contribution in [1.82, 2.24) is 10.4 Å². The fraction of sp³-hybridized carbons (Fsp3) is 0.333. The van der Waals surface area contributed by atoms with Gasteiger partial charge < -0.3 is 4.42 Å². The number of oxazole rings is 1. The normalized spacial score (nSPS) is 11.7. The highest BCUT2D eigenvalue weighted by atomic mass is 32.2. The van der Waals surface area contributed by atoms with Crippen LogP contribution in [0.1, 0.15) is 13.8 Å². The van der Waals surface area contributed by atoms with Crippen molar-refractivity contribution in [2.24, 2.45) is 11.3 Å². The van der Waals surface area contributed by atoms with Crippen LogP contribution in [0.15, 0.2) is 33.9 Å². The van der Waals surface area contributed by atoms with Gasteiger partial charge in [-0.2, -0.15) is 0 Å². The summed E-state index contributed by atoms with van der Waals surface area (Å²) in [6, 6.07) is 7.56. The largest absolute Gasteiger partial charge is 0.431 e. The molecule has 1 amide bonds. The quantitative estimate of drug-likeness (QED) is 0.382. The molecule has 0 bridgehead atoms. The summed E-state index contributed by atoms with van der Waals surface area (Å²) in [6.45, 7) is 3.65. The number of amides is 1. The van der Waals surface area contributed by atoms with Gasteiger partial charge in [0.1, 0.15) is 5.52 Å². The van der Waals surface area contributed by atoms with E-state index in [2.05, 4.69) is 10.4 Å². The van der Waals surface area contributed by atoms with Gasteiger partial charge in [-0.1, -0.05) is 37.7 Å². The Balaban J connectivity index is 2.08. The van der Waals surface area contributed by atoms with Gasteiger partial charge in [0, 0.05) is 5.75 Å². The monoisotopic (exact) mass is 265 g/mol. The molecule has 1 heterocycles. The first-order valence-electron chi connectivity index (χ1n) is 5.52. The summed E-state index contributed by atoms with van der Waals surface area (Å²) in [5.74, 6) is 5.48. The van der Waals surface area contributed by atoms with Gasteiger partial charge in [-0.25, -0.2) is 10.8 Å². The Morgan fingerprint density at radius 3 is 2.89 bits per heavy atom. The molecule has 6 heteroatoms. The predicted molar refractivity (Wildman–Crippen MR) is 70.8 cm³/mol. The Morgan fingerprint density at radius 1 is 1.50 bits per heavy atom. The molecule has 1 aromatic heterocycles. The third kappa shape index (κ3) is 2.65. The van der Waals surface area contributed by atoms with Crippen molar-refractivity contribution in [1.29, 1.82) is 0 Å². The third-order valence-corrected chi connectivity index (χ3v) is 3.86. The second kappa shape index (κ2) is 4.99. The average molecular weight is 265 g/mol. The van der Waals surface area contributed by atoms with E-state index in [1.165, 1.54) is 11.8 Å². The minimum Gasteiger partial charge on any atom is -0.431 e. The van der Waals surface area contributed by atoms with Gasteiger partial charge in [0.25, 0.3) is 5.22 Å². The van der Waals surface area contributed by atoms with Crippen LogP contribution in [0, 0.1) is 5.41 Å². The van der Waals surface area contributed by atoms with E-state index in [4.69, 9.17) is 10.3 Å². The van der Waals surface area contributed by atoms with Crippen LogP contribution >= 0.6 is 11.8 Å². The van der Waals surface area contributed by atoms with Gasteiger partial charge in [0.15, 0.2) is 5.58 Å². The summed E-state index contributed by atoms with van der Waals surface area (Å²) in [6.07, 6.45) is 0. The van der Waals surface area contributed by atoms with E-state index >= 15 is 0 Å². The molecule has 2 rings (SSSR count). The predicted octanol–water partition coefficient (Wildman–Crippen LogP) is 1.94. The average Bonchev–Trinajstić information content (AvgIpc) is 2.78. The molecule has 0 saturated heterocycles. The summed E-state index contributed by atoms with van der Waals surface area (Å²) in [7, 11) is 0. The summed E-state index contributed by atoms with van der Waals surface area (Å²) >= 11 is 1.40. The highest BCUT2D eigenvalue weighted by molar-refractivity contribution is 7.99. The molecule has 5 nitrogen and oxygen atoms in total. The van der Waals surface area contributed by atoms with E-state index < -0.39 is 5.41 Å². The molecular weight excluding hydrogens is 250 g/mol. The number of nitrogens with one attached hydrogen (secondary N) is 1. The van der Waals surface area contributed by atoms with Crippen molar-refractivity contribution in [2.45, 2.75) is 19.1 Å². The zero-order valence-corrected chi connectivity index (χ0v) is 11.1. The Hall–Kier alpha value is -1.53. The number of nitrogens with two attached hydrogens (primary N) is 1. The number of carbonyl (C=O) groups excluding carboxylic acids is 1. The van der Waals surface area contributed by atoms with Crippen LogP contribution in [0.4, 0.5) is 0 Å². The van der Waals surface area contributed by atoms with Gasteiger partial charge in [-0.3, -0.25) is 10.2 Å². The zero-order valence-electron chi connectivity index (χ0n) is 10.3. The van der Waals surface area contributed by atoms with Gasteiger partial charge in [-0.15, -0.1) is 0 Å². The molecular formula is C12H15N3O2S. The van der Waals surface area contributed by atoms with Crippen molar-refractivity contribution < 1.29 is 9.21 Å². The number of hydrazine groups is 1. The molecule has 0 spiro atoms. The lowest BCUT2D eigenvalue weighted by molar-refractivity contribution is -0.128. The number of para-hydroxylation sites is 2. The summed E-state index contributed by atoms with van der Waals surface area (Å²) in [4.78, 5) is 15.9. The Bertz CT molecular complexity index is 532. The fourth-order valence-corrected chi connectivity index (χ4v) is 2.34. The first kappa shape index (κ1) is 12.9. The van der Waals surface area contributed by atoms with E-state index in [1.54, 1.807) is 0 Å². The van der Waals surface area contributed by atoms with Crippen LogP contribution in [-0.4, -0.2) is 16.6 Å². The lowest BCUT2D eigenvalue weighted by Gasteiger charge is -2.20. The molecule has 2 aromatic rings. The number of aromatic nitrogens is 1. The topological polar surface area (TPSA) is 81.2 Å². The second-order valence-electron chi connectivity index (χ2n) is 4.59. The van der Waals surface area contributed by atoms with Crippen LogP contribution in [0.25, 0.3) is 11.1 Å². The molecule has 0 atom stereocenters. The minimum absolute atomic E-state index is 0.203. The fourth-order valence-electron chi connectivity index (χ4n) is 1.42. The third-order valence-electron chi connectivity index (χ3n) is 2.58. The van der Waals surface area contributed by atoms with Crippen molar-refractivity contribution in [3.63, 3.8) is 0 Å². The van der Waals surface area contributed by atoms with E-state index in [9.17, 15) is 4.79 Å². The highest BCUT2D eigenvalue weighted by Crippen LogP contribution is 2.29. The Kier molecular flexibility index (Phi) is 3.58. The molecule has 0 aliphatic carbocycles. The van der Waals surface area contributed by atoms with Crippen LogP contribution in [0.2, 0.25) is 0 Å². The smallest absolute Gasteiger partial charge is 0.256 e. The van der Waals surface area contributed by atoms with Gasteiger partial charge >= 0.3 is 0 Å². The van der Waals surface area contributed by atoms with Crippen LogP contribution in [0.3, 0.4) is 0 Å². The number of hydrogen-bond donors (Lipinski definition) is 2. The minimum atomic E-state index is -0.569. The van der Waals surface area contributed by atoms with Gasteiger partial charge in [0.05, 0.1) is 5.41 Å². The van der Waals surface area contributed by atoms with E-state index in [-0.39, 0.29) is 5.91 Å². The molecule has 0 aliphatic rings. The van der Waals surface area contributed by atoms with Crippen LogP contribution < -0.4 is 11.3 Å². The van der Waals surface area contributed by atoms with Crippen molar-refractivity contribution in [3.8, 4) is 0 Å². The number of hydrogen-bond acceptors (Lipinski definition) is 5. The highest BCUT2D eigenvalue weighted by Gasteiger charge is 2.27. The van der Waals surface area contributed by atoms with E-state index in [1.807, 2.05) is 38.1 Å². The summed E-state index contributed by atoms with van der Waals surface area (Å²) < 4.78 is 5.57. The zero-order chi connectivity index (χ0) is 13.2. The Morgan fingerprint density at radius 2 is 2.22 bits per heavy atom. The maximum atomic E-state index is 11.5. The number of benzene rings is 1. The molecule has 0 unspecified atom stereocenters. The van der Waals surface area contributed by atoms with E-state index in [0.29, 0.717) is 11.0 Å². The first-order valence-corrected chi connectivity index (χ1v) is 6.51. The standard InChI is InChI=1S/C12H15N3O2S/c1-12(2,10(16)15-13)7-18-11-14-8-5-3-4-6-9(8)17-11/h3-6H,7,13H2,1-2H3,(H,15,16). The molecule has 0 fully saturated rings. The van der Waals surface area contributed by atoms with Gasteiger partial charge in [-0.05, 0) is 12.1 Å². The second-order valence-corrected chi connectivity index (χ2v) is 5.52. The number of thioether (sulfide) groups is 1. The molecule has 0 radical (unpaired) electrons. The first-order chi connectivity index (χ1) is 8.53. The Labute approximate surface area is 109 Å². The molecule has 3 N–H and O–H groups in total. The maximum Gasteiger partial charge on any atom is 0.256 e. The van der Waals surface area contributed by atoms with Gasteiger partial charge in [0.2, 0.25) is 5.91 Å². The van der Waals surface area contributed by atoms with Crippen molar-refractivity contribution >= 4 is 28.8 Å². The SMILES string of the molecule is CC(C)(CSc1nc2ccccc2o1)C(=O)NN.